The quantitative estimate of drug-likeness (QED) is 0.460. The number of nitrogens with one attached hydrogen (secondary N) is 3. The maximum atomic E-state index is 13.6. The number of carbonyl (C=O) groups is 1. The number of tetrazole rings is 1. The van der Waals surface area contributed by atoms with Crippen molar-refractivity contribution >= 4 is 28.4 Å². The molecule has 0 saturated carbocycles. The number of rotatable bonds is 5. The smallest absolute Gasteiger partial charge is 0.255 e. The molecule has 9 nitrogen and oxygen atoms in total. The summed E-state index contributed by atoms with van der Waals surface area (Å²) in [5, 5.41) is 19.2. The Bertz CT molecular complexity index is 1300. The van der Waals surface area contributed by atoms with Crippen LogP contribution in [0.15, 0.2) is 66.0 Å². The fourth-order valence-corrected chi connectivity index (χ4v) is 3.96. The van der Waals surface area contributed by atoms with Gasteiger partial charge in [-0.05, 0) is 42.5 Å². The van der Waals surface area contributed by atoms with Gasteiger partial charge in [0.15, 0.2) is 0 Å². The Balaban J connectivity index is 1.60. The molecule has 4 aromatic rings. The van der Waals surface area contributed by atoms with Crippen LogP contribution in [0, 0.1) is 0 Å². The van der Waals surface area contributed by atoms with Gasteiger partial charge in [0, 0.05) is 28.4 Å². The fourth-order valence-electron chi connectivity index (χ4n) is 3.96. The Morgan fingerprint density at radius 3 is 2.87 bits per heavy atom. The molecule has 31 heavy (non-hydrogen) atoms. The van der Waals surface area contributed by atoms with Crippen LogP contribution < -0.4 is 15.4 Å². The highest BCUT2D eigenvalue weighted by atomic mass is 16.5. The van der Waals surface area contributed by atoms with Crippen LogP contribution in [0.4, 0.5) is 11.6 Å². The Kier molecular flexibility index (Phi) is 4.62. The normalized spacial score (nSPS) is 15.5. The summed E-state index contributed by atoms with van der Waals surface area (Å²) in [7, 11) is 0. The van der Waals surface area contributed by atoms with Gasteiger partial charge in [0.1, 0.15) is 11.8 Å². The van der Waals surface area contributed by atoms with Crippen molar-refractivity contribution in [3.05, 3.63) is 71.6 Å². The van der Waals surface area contributed by atoms with E-state index >= 15 is 0 Å². The van der Waals surface area contributed by atoms with Crippen molar-refractivity contribution in [2.75, 3.05) is 17.2 Å². The highest BCUT2D eigenvalue weighted by Gasteiger charge is 2.35. The van der Waals surface area contributed by atoms with Crippen LogP contribution >= 0.6 is 0 Å². The van der Waals surface area contributed by atoms with Crippen molar-refractivity contribution in [1.82, 2.24) is 25.2 Å². The number of fused-ring (bicyclic) bond motifs is 2. The lowest BCUT2D eigenvalue weighted by Crippen LogP contribution is -2.31. The molecule has 0 radical (unpaired) electrons. The first kappa shape index (κ1) is 18.9. The SMILES string of the molecule is CCOc1ccccc1NC(=O)C1=C(C)Nc2nnnn2[C@@H]1c1c[nH]c2ccccc12. The number of H-pyrrole nitrogens is 1. The molecule has 0 saturated heterocycles. The van der Waals surface area contributed by atoms with Gasteiger partial charge in [0.05, 0.1) is 17.9 Å². The number of anilines is 2. The topological polar surface area (TPSA) is 110 Å². The van der Waals surface area contributed by atoms with Crippen LogP contribution in [0.1, 0.15) is 25.5 Å². The van der Waals surface area contributed by atoms with Gasteiger partial charge in [-0.1, -0.05) is 35.4 Å². The maximum absolute atomic E-state index is 13.6. The number of para-hydroxylation sites is 3. The first-order chi connectivity index (χ1) is 15.2. The van der Waals surface area contributed by atoms with E-state index in [9.17, 15) is 4.79 Å². The number of hydrogen-bond donors (Lipinski definition) is 3. The van der Waals surface area contributed by atoms with E-state index in [0.29, 0.717) is 35.3 Å². The van der Waals surface area contributed by atoms with Crippen LogP contribution in [0.2, 0.25) is 0 Å². The van der Waals surface area contributed by atoms with Crippen LogP contribution in [-0.2, 0) is 4.79 Å². The summed E-state index contributed by atoms with van der Waals surface area (Å²) in [5.74, 6) is 0.847. The molecule has 0 unspecified atom stereocenters. The summed E-state index contributed by atoms with van der Waals surface area (Å²) in [6.07, 6.45) is 1.90. The van der Waals surface area contributed by atoms with Gasteiger partial charge in [-0.25, -0.2) is 0 Å². The van der Waals surface area contributed by atoms with Crippen molar-refractivity contribution < 1.29 is 9.53 Å². The standard InChI is InChI=1S/C22H21N7O2/c1-3-31-18-11-7-6-10-17(18)25-21(30)19-13(2)24-22-26-27-28-29(22)20(19)15-12-23-16-9-5-4-8-14(15)16/h4-12,20,23H,3H2,1-2H3,(H,25,30)(H,24,26,28)/t20-/m1/s1. The molecule has 2 aromatic heterocycles. The number of hydrogen-bond acceptors (Lipinski definition) is 6. The highest BCUT2D eigenvalue weighted by molar-refractivity contribution is 6.07. The minimum Gasteiger partial charge on any atom is -0.492 e. The van der Waals surface area contributed by atoms with Gasteiger partial charge in [-0.2, -0.15) is 4.68 Å². The lowest BCUT2D eigenvalue weighted by molar-refractivity contribution is -0.113. The lowest BCUT2D eigenvalue weighted by atomic mass is 9.94. The molecule has 2 aromatic carbocycles. The third-order valence-corrected chi connectivity index (χ3v) is 5.31. The molecule has 9 heteroatoms. The second kappa shape index (κ2) is 7.60. The number of aromatic nitrogens is 5. The predicted octanol–water partition coefficient (Wildman–Crippen LogP) is 3.48. The van der Waals surface area contributed by atoms with E-state index in [1.54, 1.807) is 4.68 Å². The number of benzene rings is 2. The number of amides is 1. The number of carbonyl (C=O) groups excluding carboxylic acids is 1. The van der Waals surface area contributed by atoms with Crippen molar-refractivity contribution in [3.63, 3.8) is 0 Å². The molecule has 1 aliphatic rings. The van der Waals surface area contributed by atoms with E-state index in [2.05, 4.69) is 31.1 Å². The fraction of sp³-hybridized carbons (Fsp3) is 0.182. The maximum Gasteiger partial charge on any atom is 0.255 e. The Labute approximate surface area is 178 Å². The monoisotopic (exact) mass is 415 g/mol. The van der Waals surface area contributed by atoms with Gasteiger partial charge in [-0.3, -0.25) is 4.79 Å². The first-order valence-corrected chi connectivity index (χ1v) is 10.0. The second-order valence-corrected chi connectivity index (χ2v) is 7.19. The highest BCUT2D eigenvalue weighted by Crippen LogP contribution is 2.38. The Morgan fingerprint density at radius 2 is 2.00 bits per heavy atom. The van der Waals surface area contributed by atoms with Gasteiger partial charge >= 0.3 is 0 Å². The van der Waals surface area contributed by atoms with Crippen molar-refractivity contribution in [2.24, 2.45) is 0 Å². The van der Waals surface area contributed by atoms with Gasteiger partial charge in [0.2, 0.25) is 5.95 Å². The Hall–Kier alpha value is -4.14. The summed E-state index contributed by atoms with van der Waals surface area (Å²) in [6, 6.07) is 14.8. The molecule has 0 bridgehead atoms. The summed E-state index contributed by atoms with van der Waals surface area (Å²) < 4.78 is 7.29. The van der Waals surface area contributed by atoms with E-state index in [4.69, 9.17) is 4.74 Å². The van der Waals surface area contributed by atoms with Crippen molar-refractivity contribution in [2.45, 2.75) is 19.9 Å². The lowest BCUT2D eigenvalue weighted by Gasteiger charge is -2.27. The molecule has 156 valence electrons. The van der Waals surface area contributed by atoms with E-state index in [1.165, 1.54) is 0 Å². The van der Waals surface area contributed by atoms with Crippen LogP contribution in [-0.4, -0.2) is 37.7 Å². The molecule has 1 aliphatic heterocycles. The van der Waals surface area contributed by atoms with Gasteiger partial charge in [0.25, 0.3) is 5.91 Å². The van der Waals surface area contributed by atoms with E-state index in [1.807, 2.05) is 68.6 Å². The molecule has 0 aliphatic carbocycles. The van der Waals surface area contributed by atoms with Gasteiger partial charge < -0.3 is 20.4 Å². The van der Waals surface area contributed by atoms with E-state index in [0.717, 1.165) is 16.5 Å². The Morgan fingerprint density at radius 1 is 1.19 bits per heavy atom. The molecular formula is C22H21N7O2. The molecule has 0 spiro atoms. The summed E-state index contributed by atoms with van der Waals surface area (Å²) >= 11 is 0. The molecule has 3 heterocycles. The molecular weight excluding hydrogens is 394 g/mol. The van der Waals surface area contributed by atoms with Crippen LogP contribution in [0.5, 0.6) is 5.75 Å². The van der Waals surface area contributed by atoms with Crippen molar-refractivity contribution in [3.8, 4) is 5.75 Å². The predicted molar refractivity (Wildman–Crippen MR) is 117 cm³/mol. The first-order valence-electron chi connectivity index (χ1n) is 10.0. The molecule has 3 N–H and O–H groups in total. The molecule has 5 rings (SSSR count). The zero-order chi connectivity index (χ0) is 21.4. The average Bonchev–Trinajstić information content (AvgIpc) is 3.41. The molecule has 1 amide bonds. The summed E-state index contributed by atoms with van der Waals surface area (Å²) in [5.41, 5.74) is 3.70. The summed E-state index contributed by atoms with van der Waals surface area (Å²) in [6.45, 7) is 4.26. The molecule has 0 fully saturated rings. The number of allylic oxidation sites excluding steroid dienone is 1. The average molecular weight is 415 g/mol. The second-order valence-electron chi connectivity index (χ2n) is 7.19. The number of ether oxygens (including phenoxy) is 1. The van der Waals surface area contributed by atoms with E-state index in [-0.39, 0.29) is 5.91 Å². The zero-order valence-electron chi connectivity index (χ0n) is 17.1. The minimum absolute atomic E-state index is 0.256. The third-order valence-electron chi connectivity index (χ3n) is 5.31. The zero-order valence-corrected chi connectivity index (χ0v) is 17.1. The third kappa shape index (κ3) is 3.20. The summed E-state index contributed by atoms with van der Waals surface area (Å²) in [4.78, 5) is 16.8. The van der Waals surface area contributed by atoms with Crippen LogP contribution in [0.3, 0.4) is 0 Å². The van der Waals surface area contributed by atoms with Gasteiger partial charge in [-0.15, -0.1) is 0 Å². The number of nitrogens with zero attached hydrogens (tertiary/aromatic N) is 4. The van der Waals surface area contributed by atoms with Crippen LogP contribution in [0.25, 0.3) is 10.9 Å². The van der Waals surface area contributed by atoms with E-state index < -0.39 is 6.04 Å². The largest absolute Gasteiger partial charge is 0.492 e. The number of aromatic amines is 1. The molecule has 1 atom stereocenters. The minimum atomic E-state index is -0.498. The van der Waals surface area contributed by atoms with Crippen molar-refractivity contribution in [1.29, 1.82) is 0 Å².